The molecule has 1 aromatic heterocycles. The number of nitrogens with zero attached hydrogens (tertiary/aromatic N) is 2. The third kappa shape index (κ3) is 3.62. The number of amides is 1. The van der Waals surface area contributed by atoms with Crippen LogP contribution < -0.4 is 5.32 Å². The number of thiazole rings is 1. The van der Waals surface area contributed by atoms with E-state index in [1.54, 1.807) is 11.3 Å². The molecule has 1 unspecified atom stereocenters. The second-order valence-corrected chi connectivity index (χ2v) is 7.12. The van der Waals surface area contributed by atoms with Crippen molar-refractivity contribution in [2.75, 3.05) is 20.1 Å². The molecule has 1 aromatic carbocycles. The molecule has 4 nitrogen and oxygen atoms in total. The molecule has 1 amide bonds. The summed E-state index contributed by atoms with van der Waals surface area (Å²) in [6.45, 7) is 3.67. The van der Waals surface area contributed by atoms with Crippen LogP contribution in [0.3, 0.4) is 0 Å². The van der Waals surface area contributed by atoms with Crippen LogP contribution in [0.1, 0.15) is 38.8 Å². The van der Waals surface area contributed by atoms with Gasteiger partial charge in [-0.2, -0.15) is 0 Å². The molecule has 1 aliphatic rings. The lowest BCUT2D eigenvalue weighted by atomic mass is 10.2. The summed E-state index contributed by atoms with van der Waals surface area (Å²) in [4.78, 5) is 20.3. The monoisotopic (exact) mass is 329 g/mol. The Labute approximate surface area is 141 Å². The molecule has 1 aliphatic heterocycles. The van der Waals surface area contributed by atoms with E-state index in [0.29, 0.717) is 6.04 Å². The van der Waals surface area contributed by atoms with Crippen molar-refractivity contribution in [2.24, 2.45) is 0 Å². The summed E-state index contributed by atoms with van der Waals surface area (Å²) >= 11 is 1.55. The van der Waals surface area contributed by atoms with Crippen molar-refractivity contribution in [3.63, 3.8) is 0 Å². The van der Waals surface area contributed by atoms with Crippen LogP contribution in [0.5, 0.6) is 0 Å². The van der Waals surface area contributed by atoms with E-state index in [4.69, 9.17) is 0 Å². The Bertz CT molecular complexity index is 668. The van der Waals surface area contributed by atoms with E-state index in [1.165, 1.54) is 5.56 Å². The highest BCUT2D eigenvalue weighted by molar-refractivity contribution is 7.13. The molecule has 1 saturated heterocycles. The van der Waals surface area contributed by atoms with Crippen molar-refractivity contribution in [1.29, 1.82) is 0 Å². The predicted octanol–water partition coefficient (Wildman–Crippen LogP) is 2.87. The molecule has 0 aliphatic carbocycles. The van der Waals surface area contributed by atoms with Gasteiger partial charge in [0, 0.05) is 25.6 Å². The van der Waals surface area contributed by atoms with Crippen molar-refractivity contribution in [3.05, 3.63) is 51.5 Å². The Balaban J connectivity index is 1.76. The van der Waals surface area contributed by atoms with Crippen LogP contribution in [0.2, 0.25) is 0 Å². The number of hydrogen-bond acceptors (Lipinski definition) is 4. The van der Waals surface area contributed by atoms with Gasteiger partial charge in [-0.05, 0) is 32.4 Å². The Morgan fingerprint density at radius 2 is 2.17 bits per heavy atom. The molecule has 0 spiro atoms. The Morgan fingerprint density at radius 3 is 2.91 bits per heavy atom. The highest BCUT2D eigenvalue weighted by Crippen LogP contribution is 2.26. The molecule has 5 heteroatoms. The highest BCUT2D eigenvalue weighted by atomic mass is 32.1. The summed E-state index contributed by atoms with van der Waals surface area (Å²) in [6, 6.07) is 10.6. The number of likely N-dealkylation sites (tertiary alicyclic amines) is 1. The van der Waals surface area contributed by atoms with Gasteiger partial charge in [0.2, 0.25) is 0 Å². The maximum absolute atomic E-state index is 12.9. The van der Waals surface area contributed by atoms with Gasteiger partial charge in [-0.3, -0.25) is 4.79 Å². The van der Waals surface area contributed by atoms with E-state index in [2.05, 4.69) is 22.4 Å². The van der Waals surface area contributed by atoms with E-state index in [-0.39, 0.29) is 5.91 Å². The molecule has 1 atom stereocenters. The number of rotatable bonds is 5. The standard InChI is InChI=1S/C18H23N3OS/c1-13-17(18(22)21-10-6-9-15(21)12-19-2)23-16(20-13)11-14-7-4-3-5-8-14/h3-5,7-8,15,19H,6,9-12H2,1-2H3. The van der Waals surface area contributed by atoms with Crippen molar-refractivity contribution >= 4 is 17.2 Å². The average Bonchev–Trinajstić information content (AvgIpc) is 3.15. The normalized spacial score (nSPS) is 17.7. The van der Waals surface area contributed by atoms with E-state index in [0.717, 1.165) is 47.9 Å². The van der Waals surface area contributed by atoms with Crippen molar-refractivity contribution < 1.29 is 4.79 Å². The van der Waals surface area contributed by atoms with Gasteiger partial charge < -0.3 is 10.2 Å². The number of likely N-dealkylation sites (N-methyl/N-ethyl adjacent to an activating group) is 1. The minimum Gasteiger partial charge on any atom is -0.334 e. The van der Waals surface area contributed by atoms with E-state index in [1.807, 2.05) is 37.1 Å². The predicted molar refractivity (Wildman–Crippen MR) is 94.1 cm³/mol. The fourth-order valence-electron chi connectivity index (χ4n) is 3.18. The van der Waals surface area contributed by atoms with E-state index < -0.39 is 0 Å². The SMILES string of the molecule is CNCC1CCCN1C(=O)c1sc(Cc2ccccc2)nc1C. The first-order chi connectivity index (χ1) is 11.2. The molecular formula is C18H23N3OS. The van der Waals surface area contributed by atoms with Gasteiger partial charge in [0.25, 0.3) is 5.91 Å². The summed E-state index contributed by atoms with van der Waals surface area (Å²) in [6.07, 6.45) is 2.97. The lowest BCUT2D eigenvalue weighted by molar-refractivity contribution is 0.0741. The molecule has 23 heavy (non-hydrogen) atoms. The van der Waals surface area contributed by atoms with Gasteiger partial charge in [-0.15, -0.1) is 11.3 Å². The summed E-state index contributed by atoms with van der Waals surface area (Å²) in [7, 11) is 1.94. The zero-order chi connectivity index (χ0) is 16.2. The highest BCUT2D eigenvalue weighted by Gasteiger charge is 2.31. The number of aryl methyl sites for hydroxylation is 1. The van der Waals surface area contributed by atoms with Gasteiger partial charge in [0.05, 0.1) is 10.7 Å². The van der Waals surface area contributed by atoms with E-state index in [9.17, 15) is 4.79 Å². The zero-order valence-corrected chi connectivity index (χ0v) is 14.5. The van der Waals surface area contributed by atoms with Gasteiger partial charge in [0.15, 0.2) is 0 Å². The lowest BCUT2D eigenvalue weighted by Gasteiger charge is -2.24. The summed E-state index contributed by atoms with van der Waals surface area (Å²) in [5.41, 5.74) is 2.09. The maximum atomic E-state index is 12.9. The van der Waals surface area contributed by atoms with Gasteiger partial charge in [0.1, 0.15) is 4.88 Å². The van der Waals surface area contributed by atoms with Crippen LogP contribution in [0, 0.1) is 6.92 Å². The summed E-state index contributed by atoms with van der Waals surface area (Å²) in [5, 5.41) is 4.21. The largest absolute Gasteiger partial charge is 0.334 e. The van der Waals surface area contributed by atoms with Crippen LogP contribution in [0.25, 0.3) is 0 Å². The van der Waals surface area contributed by atoms with Crippen molar-refractivity contribution in [1.82, 2.24) is 15.2 Å². The molecule has 0 bridgehead atoms. The van der Waals surface area contributed by atoms with Gasteiger partial charge in [-0.25, -0.2) is 4.98 Å². The summed E-state index contributed by atoms with van der Waals surface area (Å²) < 4.78 is 0. The molecular weight excluding hydrogens is 306 g/mol. The number of benzene rings is 1. The molecule has 2 aromatic rings. The molecule has 1 fully saturated rings. The fourth-order valence-corrected chi connectivity index (χ4v) is 4.23. The van der Waals surface area contributed by atoms with Crippen LogP contribution in [0.15, 0.2) is 30.3 Å². The summed E-state index contributed by atoms with van der Waals surface area (Å²) in [5.74, 6) is 0.150. The Kier molecular flexibility index (Phi) is 5.08. The van der Waals surface area contributed by atoms with Gasteiger partial charge >= 0.3 is 0 Å². The molecule has 122 valence electrons. The van der Waals surface area contributed by atoms with Crippen LogP contribution in [-0.4, -0.2) is 42.0 Å². The Morgan fingerprint density at radius 1 is 1.39 bits per heavy atom. The first kappa shape index (κ1) is 16.1. The second-order valence-electron chi connectivity index (χ2n) is 6.04. The van der Waals surface area contributed by atoms with E-state index >= 15 is 0 Å². The number of nitrogens with one attached hydrogen (secondary N) is 1. The minimum absolute atomic E-state index is 0.150. The van der Waals surface area contributed by atoms with Crippen molar-refractivity contribution in [2.45, 2.75) is 32.2 Å². The van der Waals surface area contributed by atoms with Crippen molar-refractivity contribution in [3.8, 4) is 0 Å². The first-order valence-electron chi connectivity index (χ1n) is 8.15. The average molecular weight is 329 g/mol. The second kappa shape index (κ2) is 7.23. The topological polar surface area (TPSA) is 45.2 Å². The van der Waals surface area contributed by atoms with Crippen LogP contribution in [0.4, 0.5) is 0 Å². The molecule has 0 saturated carbocycles. The number of carbonyl (C=O) groups excluding carboxylic acids is 1. The molecule has 0 radical (unpaired) electrons. The fraction of sp³-hybridized carbons (Fsp3) is 0.444. The number of carbonyl (C=O) groups is 1. The molecule has 3 rings (SSSR count). The zero-order valence-electron chi connectivity index (χ0n) is 13.7. The quantitative estimate of drug-likeness (QED) is 0.917. The maximum Gasteiger partial charge on any atom is 0.266 e. The first-order valence-corrected chi connectivity index (χ1v) is 8.96. The molecule has 2 heterocycles. The third-order valence-corrected chi connectivity index (χ3v) is 5.46. The van der Waals surface area contributed by atoms with Gasteiger partial charge in [-0.1, -0.05) is 30.3 Å². The molecule has 1 N–H and O–H groups in total. The third-order valence-electron chi connectivity index (χ3n) is 4.31. The number of aromatic nitrogens is 1. The van der Waals surface area contributed by atoms with Crippen LogP contribution >= 0.6 is 11.3 Å². The minimum atomic E-state index is 0.150. The van der Waals surface area contributed by atoms with Crippen LogP contribution in [-0.2, 0) is 6.42 Å². The Hall–Kier alpha value is -1.72. The lowest BCUT2D eigenvalue weighted by Crippen LogP contribution is -2.40. The smallest absolute Gasteiger partial charge is 0.266 e. The number of hydrogen-bond donors (Lipinski definition) is 1.